The summed E-state index contributed by atoms with van der Waals surface area (Å²) in [5.74, 6) is 3.53. The zero-order valence-electron chi connectivity index (χ0n) is 9.27. The van der Waals surface area contributed by atoms with Gasteiger partial charge in [-0.3, -0.25) is 15.2 Å². The lowest BCUT2D eigenvalue weighted by atomic mass is 9.98. The third-order valence-corrected chi connectivity index (χ3v) is 2.72. The van der Waals surface area contributed by atoms with Crippen LogP contribution in [0.25, 0.3) is 10.9 Å². The van der Waals surface area contributed by atoms with Crippen molar-refractivity contribution in [3.63, 3.8) is 0 Å². The normalized spacial score (nSPS) is 12.4. The SMILES string of the molecule is CC(C(=O)NN)c1cc2cccnc2cc1F. The second-order valence-corrected chi connectivity index (χ2v) is 3.80. The average molecular weight is 233 g/mol. The maximum Gasteiger partial charge on any atom is 0.241 e. The van der Waals surface area contributed by atoms with Crippen molar-refractivity contribution in [2.24, 2.45) is 5.84 Å². The van der Waals surface area contributed by atoms with E-state index in [4.69, 9.17) is 5.84 Å². The van der Waals surface area contributed by atoms with E-state index in [0.717, 1.165) is 5.39 Å². The lowest BCUT2D eigenvalue weighted by molar-refractivity contribution is -0.122. The topological polar surface area (TPSA) is 68.0 Å². The zero-order valence-corrected chi connectivity index (χ0v) is 9.27. The molecule has 1 amide bonds. The predicted molar refractivity (Wildman–Crippen MR) is 62.4 cm³/mol. The Bertz CT molecular complexity index is 571. The summed E-state index contributed by atoms with van der Waals surface area (Å²) in [7, 11) is 0. The lowest BCUT2D eigenvalue weighted by Crippen LogP contribution is -2.34. The molecule has 1 atom stereocenters. The van der Waals surface area contributed by atoms with Crippen LogP contribution >= 0.6 is 0 Å². The molecule has 0 saturated heterocycles. The molecule has 17 heavy (non-hydrogen) atoms. The second-order valence-electron chi connectivity index (χ2n) is 3.80. The summed E-state index contributed by atoms with van der Waals surface area (Å²) in [4.78, 5) is 15.4. The number of nitrogens with zero attached hydrogens (tertiary/aromatic N) is 1. The van der Waals surface area contributed by atoms with E-state index in [1.807, 2.05) is 11.5 Å². The van der Waals surface area contributed by atoms with Gasteiger partial charge < -0.3 is 0 Å². The smallest absolute Gasteiger partial charge is 0.241 e. The first kappa shape index (κ1) is 11.5. The molecule has 5 heteroatoms. The average Bonchev–Trinajstić information content (AvgIpc) is 2.36. The molecule has 88 valence electrons. The third kappa shape index (κ3) is 2.09. The summed E-state index contributed by atoms with van der Waals surface area (Å²) in [6, 6.07) is 6.53. The maximum absolute atomic E-state index is 13.8. The number of hydrazine groups is 1. The summed E-state index contributed by atoms with van der Waals surface area (Å²) in [5.41, 5.74) is 2.89. The highest BCUT2D eigenvalue weighted by Gasteiger charge is 2.18. The standard InChI is InChI=1S/C12H12FN3O/c1-7(12(17)16-14)9-5-8-3-2-4-15-11(8)6-10(9)13/h2-7H,14H2,1H3,(H,16,17). The van der Waals surface area contributed by atoms with Gasteiger partial charge in [0.2, 0.25) is 5.91 Å². The van der Waals surface area contributed by atoms with Crippen LogP contribution in [0.5, 0.6) is 0 Å². The number of benzene rings is 1. The highest BCUT2D eigenvalue weighted by molar-refractivity contribution is 5.86. The fourth-order valence-electron chi connectivity index (χ4n) is 1.71. The molecule has 3 N–H and O–H groups in total. The van der Waals surface area contributed by atoms with E-state index in [2.05, 4.69) is 4.98 Å². The molecule has 0 fully saturated rings. The summed E-state index contributed by atoms with van der Waals surface area (Å²) in [6.07, 6.45) is 1.59. The van der Waals surface area contributed by atoms with Crippen molar-refractivity contribution in [2.45, 2.75) is 12.8 Å². The second kappa shape index (κ2) is 4.47. The van der Waals surface area contributed by atoms with Crippen LogP contribution in [0.2, 0.25) is 0 Å². The van der Waals surface area contributed by atoms with Gasteiger partial charge in [-0.2, -0.15) is 0 Å². The van der Waals surface area contributed by atoms with Gasteiger partial charge in [0.1, 0.15) is 5.82 Å². The Kier molecular flexibility index (Phi) is 3.01. The Hall–Kier alpha value is -2.01. The monoisotopic (exact) mass is 233 g/mol. The van der Waals surface area contributed by atoms with E-state index in [9.17, 15) is 9.18 Å². The molecule has 1 aromatic heterocycles. The van der Waals surface area contributed by atoms with Crippen LogP contribution < -0.4 is 11.3 Å². The molecule has 0 aliphatic carbocycles. The van der Waals surface area contributed by atoms with E-state index in [1.165, 1.54) is 6.07 Å². The summed E-state index contributed by atoms with van der Waals surface area (Å²) < 4.78 is 13.8. The third-order valence-electron chi connectivity index (χ3n) is 2.72. The molecule has 0 spiro atoms. The van der Waals surface area contributed by atoms with Crippen molar-refractivity contribution in [1.82, 2.24) is 10.4 Å². The maximum atomic E-state index is 13.8. The Morgan fingerprint density at radius 1 is 1.53 bits per heavy atom. The van der Waals surface area contributed by atoms with Gasteiger partial charge in [0.25, 0.3) is 0 Å². The zero-order chi connectivity index (χ0) is 12.4. The summed E-state index contributed by atoms with van der Waals surface area (Å²) >= 11 is 0. The molecule has 4 nitrogen and oxygen atoms in total. The number of nitrogens with two attached hydrogens (primary N) is 1. The molecule has 0 radical (unpaired) electrons. The molecule has 1 unspecified atom stereocenters. The van der Waals surface area contributed by atoms with Crippen molar-refractivity contribution in [1.29, 1.82) is 0 Å². The van der Waals surface area contributed by atoms with Crippen LogP contribution in [0.15, 0.2) is 30.5 Å². The van der Waals surface area contributed by atoms with Crippen LogP contribution in [-0.4, -0.2) is 10.9 Å². The van der Waals surface area contributed by atoms with Gasteiger partial charge in [0, 0.05) is 23.2 Å². The van der Waals surface area contributed by atoms with Gasteiger partial charge in [0.05, 0.1) is 11.4 Å². The number of pyridine rings is 1. The van der Waals surface area contributed by atoms with Crippen molar-refractivity contribution in [3.05, 3.63) is 41.8 Å². The number of aromatic nitrogens is 1. The quantitative estimate of drug-likeness (QED) is 0.469. The molecule has 0 aliphatic heterocycles. The van der Waals surface area contributed by atoms with Crippen molar-refractivity contribution in [2.75, 3.05) is 0 Å². The van der Waals surface area contributed by atoms with Gasteiger partial charge in [0.15, 0.2) is 0 Å². The van der Waals surface area contributed by atoms with E-state index in [1.54, 1.807) is 25.3 Å². The van der Waals surface area contributed by atoms with Gasteiger partial charge in [-0.1, -0.05) is 6.07 Å². The highest BCUT2D eigenvalue weighted by atomic mass is 19.1. The molecule has 0 saturated carbocycles. The van der Waals surface area contributed by atoms with Gasteiger partial charge in [-0.05, 0) is 19.1 Å². The first-order chi connectivity index (χ1) is 8.13. The minimum Gasteiger partial charge on any atom is -0.294 e. The van der Waals surface area contributed by atoms with E-state index in [0.29, 0.717) is 11.1 Å². The van der Waals surface area contributed by atoms with Crippen LogP contribution in [0, 0.1) is 5.82 Å². The number of rotatable bonds is 2. The van der Waals surface area contributed by atoms with Crippen molar-refractivity contribution in [3.8, 4) is 0 Å². The highest BCUT2D eigenvalue weighted by Crippen LogP contribution is 2.23. The molecule has 1 heterocycles. The largest absolute Gasteiger partial charge is 0.294 e. The molecule has 0 aliphatic rings. The van der Waals surface area contributed by atoms with E-state index < -0.39 is 17.6 Å². The van der Waals surface area contributed by atoms with Crippen LogP contribution in [0.1, 0.15) is 18.4 Å². The predicted octanol–water partition coefficient (Wildman–Crippen LogP) is 1.47. The number of carbonyl (C=O) groups excluding carboxylic acids is 1. The lowest BCUT2D eigenvalue weighted by Gasteiger charge is -2.11. The Morgan fingerprint density at radius 3 is 3.00 bits per heavy atom. The minimum absolute atomic E-state index is 0.313. The number of hydrogen-bond donors (Lipinski definition) is 2. The van der Waals surface area contributed by atoms with Gasteiger partial charge in [-0.25, -0.2) is 10.2 Å². The number of hydrogen-bond acceptors (Lipinski definition) is 3. The molecule has 2 aromatic rings. The first-order valence-electron chi connectivity index (χ1n) is 5.18. The minimum atomic E-state index is -0.635. The van der Waals surface area contributed by atoms with Crippen LogP contribution in [0.3, 0.4) is 0 Å². The molecular weight excluding hydrogens is 221 g/mol. The molecule has 0 bridgehead atoms. The van der Waals surface area contributed by atoms with Gasteiger partial charge in [-0.15, -0.1) is 0 Å². The number of amides is 1. The molecule has 1 aromatic carbocycles. The Morgan fingerprint density at radius 2 is 2.29 bits per heavy atom. The van der Waals surface area contributed by atoms with Crippen LogP contribution in [-0.2, 0) is 4.79 Å². The Balaban J connectivity index is 2.54. The summed E-state index contributed by atoms with van der Waals surface area (Å²) in [6.45, 7) is 1.60. The summed E-state index contributed by atoms with van der Waals surface area (Å²) in [5, 5.41) is 0.792. The van der Waals surface area contributed by atoms with Crippen LogP contribution in [0.4, 0.5) is 4.39 Å². The molecule has 2 rings (SSSR count). The Labute approximate surface area is 97.6 Å². The van der Waals surface area contributed by atoms with E-state index >= 15 is 0 Å². The fraction of sp³-hybridized carbons (Fsp3) is 0.167. The number of carbonyl (C=O) groups is 1. The molecular formula is C12H12FN3O. The van der Waals surface area contributed by atoms with Crippen molar-refractivity contribution < 1.29 is 9.18 Å². The number of fused-ring (bicyclic) bond motifs is 1. The number of nitrogens with one attached hydrogen (secondary N) is 1. The van der Waals surface area contributed by atoms with E-state index in [-0.39, 0.29) is 0 Å². The van der Waals surface area contributed by atoms with Crippen molar-refractivity contribution >= 4 is 16.8 Å². The number of halogens is 1. The first-order valence-corrected chi connectivity index (χ1v) is 5.18. The fourth-order valence-corrected chi connectivity index (χ4v) is 1.71. The van der Waals surface area contributed by atoms with Gasteiger partial charge >= 0.3 is 0 Å².